The minimum atomic E-state index is -0.887. The van der Waals surface area contributed by atoms with Crippen molar-refractivity contribution in [3.05, 3.63) is 43.2 Å². The Bertz CT molecular complexity index is 1190. The number of rotatable bonds is 3. The maximum absolute atomic E-state index is 11.3. The number of H-pyrrole nitrogens is 1. The Balaban J connectivity index is 1.47. The molecule has 11 heteroatoms. The van der Waals surface area contributed by atoms with Gasteiger partial charge in [0.2, 0.25) is 0 Å². The van der Waals surface area contributed by atoms with E-state index in [9.17, 15) is 9.90 Å². The zero-order valence-electron chi connectivity index (χ0n) is 16.0. The number of nitrogens with one attached hydrogen (secondary N) is 1. The van der Waals surface area contributed by atoms with Crippen LogP contribution in [0, 0.1) is 0 Å². The minimum absolute atomic E-state index is 0.436. The molecule has 0 aromatic carbocycles. The van der Waals surface area contributed by atoms with E-state index in [4.69, 9.17) is 4.98 Å². The molecule has 0 radical (unpaired) electrons. The molecule has 4 aromatic heterocycles. The minimum Gasteiger partial charge on any atom is -0.465 e. The maximum Gasteiger partial charge on any atom is 0.407 e. The Morgan fingerprint density at radius 1 is 1.03 bits per heavy atom. The van der Waals surface area contributed by atoms with Gasteiger partial charge >= 0.3 is 6.09 Å². The van der Waals surface area contributed by atoms with E-state index < -0.39 is 6.09 Å². The van der Waals surface area contributed by atoms with Gasteiger partial charge in [0.1, 0.15) is 5.82 Å². The SMILES string of the molecule is O=C(O)N1CCCN(c2cncc(-n3ncc4cnc(-c5cn[nH]c5)cc43)n2)CC1. The van der Waals surface area contributed by atoms with E-state index in [0.29, 0.717) is 31.3 Å². The molecule has 0 bridgehead atoms. The smallest absolute Gasteiger partial charge is 0.407 e. The molecule has 0 atom stereocenters. The number of amides is 1. The van der Waals surface area contributed by atoms with Gasteiger partial charge in [-0.25, -0.2) is 14.5 Å². The third-order valence-corrected chi connectivity index (χ3v) is 5.16. The normalized spacial score (nSPS) is 14.8. The lowest BCUT2D eigenvalue weighted by Crippen LogP contribution is -2.34. The van der Waals surface area contributed by atoms with Gasteiger partial charge in [-0.2, -0.15) is 10.2 Å². The molecule has 1 saturated heterocycles. The number of anilines is 1. The second-order valence-corrected chi connectivity index (χ2v) is 7.02. The van der Waals surface area contributed by atoms with Crippen molar-refractivity contribution >= 4 is 22.8 Å². The zero-order valence-corrected chi connectivity index (χ0v) is 16.0. The van der Waals surface area contributed by atoms with Crippen LogP contribution in [0.3, 0.4) is 0 Å². The number of aromatic nitrogens is 7. The molecular formula is C19H19N9O2. The van der Waals surface area contributed by atoms with Gasteiger partial charge in [0.05, 0.1) is 36.0 Å². The molecule has 152 valence electrons. The Morgan fingerprint density at radius 3 is 2.77 bits per heavy atom. The molecule has 2 N–H and O–H groups in total. The number of fused-ring (bicyclic) bond motifs is 1. The van der Waals surface area contributed by atoms with Crippen LogP contribution in [0.15, 0.2) is 43.2 Å². The predicted octanol–water partition coefficient (Wildman–Crippen LogP) is 1.79. The van der Waals surface area contributed by atoms with Crippen LogP contribution >= 0.6 is 0 Å². The fourth-order valence-corrected chi connectivity index (χ4v) is 3.59. The molecular weight excluding hydrogens is 386 g/mol. The number of hydrogen-bond donors (Lipinski definition) is 2. The highest BCUT2D eigenvalue weighted by Gasteiger charge is 2.20. The first-order valence-electron chi connectivity index (χ1n) is 9.57. The van der Waals surface area contributed by atoms with Crippen LogP contribution in [0.5, 0.6) is 0 Å². The molecule has 1 amide bonds. The van der Waals surface area contributed by atoms with E-state index in [1.54, 1.807) is 41.9 Å². The zero-order chi connectivity index (χ0) is 20.5. The van der Waals surface area contributed by atoms with Crippen molar-refractivity contribution in [1.82, 2.24) is 39.8 Å². The van der Waals surface area contributed by atoms with Gasteiger partial charge < -0.3 is 14.9 Å². The van der Waals surface area contributed by atoms with Crippen molar-refractivity contribution in [3.63, 3.8) is 0 Å². The molecule has 0 aliphatic carbocycles. The van der Waals surface area contributed by atoms with Crippen LogP contribution in [0.4, 0.5) is 10.6 Å². The molecule has 1 aliphatic heterocycles. The van der Waals surface area contributed by atoms with Crippen molar-refractivity contribution in [2.24, 2.45) is 0 Å². The quantitative estimate of drug-likeness (QED) is 0.528. The highest BCUT2D eigenvalue weighted by Crippen LogP contribution is 2.23. The molecule has 1 aliphatic rings. The second-order valence-electron chi connectivity index (χ2n) is 7.02. The molecule has 0 spiro atoms. The number of carboxylic acid groups (broad SMARTS) is 1. The lowest BCUT2D eigenvalue weighted by Gasteiger charge is -2.21. The Hall–Kier alpha value is -4.02. The van der Waals surface area contributed by atoms with Crippen LogP contribution in [0.1, 0.15) is 6.42 Å². The van der Waals surface area contributed by atoms with Crippen LogP contribution in [-0.2, 0) is 0 Å². The van der Waals surface area contributed by atoms with Gasteiger partial charge in [-0.05, 0) is 12.5 Å². The summed E-state index contributed by atoms with van der Waals surface area (Å²) in [5, 5.41) is 21.4. The highest BCUT2D eigenvalue weighted by atomic mass is 16.4. The van der Waals surface area contributed by atoms with Crippen LogP contribution in [-0.4, -0.2) is 77.2 Å². The number of carbonyl (C=O) groups is 1. The van der Waals surface area contributed by atoms with Gasteiger partial charge in [0.15, 0.2) is 5.82 Å². The molecule has 0 unspecified atom stereocenters. The fourth-order valence-electron chi connectivity index (χ4n) is 3.59. The molecule has 11 nitrogen and oxygen atoms in total. The van der Waals surface area contributed by atoms with Crippen LogP contribution < -0.4 is 4.90 Å². The van der Waals surface area contributed by atoms with E-state index in [0.717, 1.165) is 35.1 Å². The number of pyridine rings is 1. The Kier molecular flexibility index (Phi) is 4.46. The Morgan fingerprint density at radius 2 is 1.93 bits per heavy atom. The van der Waals surface area contributed by atoms with Crippen molar-refractivity contribution in [1.29, 1.82) is 0 Å². The number of nitrogens with zero attached hydrogens (tertiary/aromatic N) is 8. The third kappa shape index (κ3) is 3.30. The maximum atomic E-state index is 11.3. The average molecular weight is 405 g/mol. The van der Waals surface area contributed by atoms with Crippen LogP contribution in [0.2, 0.25) is 0 Å². The van der Waals surface area contributed by atoms with E-state index in [1.807, 2.05) is 6.07 Å². The topological polar surface area (TPSA) is 129 Å². The average Bonchev–Trinajstić information content (AvgIpc) is 3.37. The first-order valence-corrected chi connectivity index (χ1v) is 9.57. The lowest BCUT2D eigenvalue weighted by atomic mass is 10.2. The first kappa shape index (κ1) is 18.0. The second kappa shape index (κ2) is 7.43. The van der Waals surface area contributed by atoms with Crippen molar-refractivity contribution in [3.8, 4) is 17.1 Å². The summed E-state index contributed by atoms with van der Waals surface area (Å²) < 4.78 is 1.73. The summed E-state index contributed by atoms with van der Waals surface area (Å²) >= 11 is 0. The van der Waals surface area contributed by atoms with E-state index in [1.165, 1.54) is 4.90 Å². The van der Waals surface area contributed by atoms with Gasteiger partial charge in [-0.3, -0.25) is 15.1 Å². The first-order chi connectivity index (χ1) is 14.7. The molecule has 0 saturated carbocycles. The van der Waals surface area contributed by atoms with Gasteiger partial charge in [0, 0.05) is 49.5 Å². The monoisotopic (exact) mass is 405 g/mol. The molecule has 1 fully saturated rings. The van der Waals surface area contributed by atoms with E-state index in [-0.39, 0.29) is 0 Å². The van der Waals surface area contributed by atoms with Crippen molar-refractivity contribution in [2.75, 3.05) is 31.1 Å². The Labute approximate surface area is 171 Å². The number of aromatic amines is 1. The van der Waals surface area contributed by atoms with Gasteiger partial charge in [0.25, 0.3) is 0 Å². The standard InChI is InChI=1S/C19H19N9O2/c29-19(30)27-3-1-2-26(4-5-27)17-11-20-12-18(25-17)28-16-6-15(13-8-22-23-9-13)21-7-14(16)10-24-28/h6-12H,1-5H2,(H,22,23)(H,29,30). The third-order valence-electron chi connectivity index (χ3n) is 5.16. The largest absolute Gasteiger partial charge is 0.465 e. The summed E-state index contributed by atoms with van der Waals surface area (Å²) in [6.07, 6.45) is 10.2. The summed E-state index contributed by atoms with van der Waals surface area (Å²) in [6, 6.07) is 1.94. The van der Waals surface area contributed by atoms with Crippen molar-refractivity contribution in [2.45, 2.75) is 6.42 Å². The molecule has 30 heavy (non-hydrogen) atoms. The summed E-state index contributed by atoms with van der Waals surface area (Å²) in [5.74, 6) is 1.29. The highest BCUT2D eigenvalue weighted by molar-refractivity contribution is 5.82. The summed E-state index contributed by atoms with van der Waals surface area (Å²) in [7, 11) is 0. The molecule has 5 rings (SSSR count). The summed E-state index contributed by atoms with van der Waals surface area (Å²) in [6.45, 7) is 2.24. The van der Waals surface area contributed by atoms with Gasteiger partial charge in [-0.15, -0.1) is 0 Å². The molecule has 5 heterocycles. The van der Waals surface area contributed by atoms with Crippen LogP contribution in [0.25, 0.3) is 28.0 Å². The number of hydrogen-bond acceptors (Lipinski definition) is 7. The van der Waals surface area contributed by atoms with E-state index in [2.05, 4.69) is 30.2 Å². The van der Waals surface area contributed by atoms with E-state index >= 15 is 0 Å². The lowest BCUT2D eigenvalue weighted by molar-refractivity contribution is 0.148. The predicted molar refractivity (Wildman–Crippen MR) is 108 cm³/mol. The fraction of sp³-hybridized carbons (Fsp3) is 0.263. The van der Waals surface area contributed by atoms with Crippen molar-refractivity contribution < 1.29 is 9.90 Å². The molecule has 4 aromatic rings. The summed E-state index contributed by atoms with van der Waals surface area (Å²) in [4.78, 5) is 28.3. The van der Waals surface area contributed by atoms with Gasteiger partial charge in [-0.1, -0.05) is 0 Å². The summed E-state index contributed by atoms with van der Waals surface area (Å²) in [5.41, 5.74) is 2.53.